The molecule has 0 radical (unpaired) electrons. The third-order valence-electron chi connectivity index (χ3n) is 7.43. The van der Waals surface area contributed by atoms with Crippen molar-refractivity contribution in [3.05, 3.63) is 34.9 Å². The summed E-state index contributed by atoms with van der Waals surface area (Å²) < 4.78 is 29.3. The van der Waals surface area contributed by atoms with Gasteiger partial charge in [-0.25, -0.2) is 0 Å². The van der Waals surface area contributed by atoms with Gasteiger partial charge in [0, 0.05) is 31.0 Å². The molecule has 7 nitrogen and oxygen atoms in total. The number of rotatable bonds is 5. The molecule has 1 saturated heterocycles. The Bertz CT molecular complexity index is 1010. The Morgan fingerprint density at radius 2 is 1.94 bits per heavy atom. The number of hydrogen-bond donors (Lipinski definition) is 2. The number of piperidine rings is 1. The molecule has 2 fully saturated rings. The average Bonchev–Trinajstić information content (AvgIpc) is 3.11. The number of nitrogens with one attached hydrogen (secondary N) is 2. The van der Waals surface area contributed by atoms with E-state index in [9.17, 15) is 28.0 Å². The molecule has 1 saturated carbocycles. The summed E-state index contributed by atoms with van der Waals surface area (Å²) in [4.78, 5) is 50.6. The van der Waals surface area contributed by atoms with Gasteiger partial charge < -0.3 is 10.2 Å². The number of carbonyl (C=O) groups excluding carboxylic acids is 4. The van der Waals surface area contributed by atoms with Crippen LogP contribution < -0.4 is 10.6 Å². The fourth-order valence-corrected chi connectivity index (χ4v) is 5.04. The van der Waals surface area contributed by atoms with Gasteiger partial charge in [-0.2, -0.15) is 8.78 Å². The fourth-order valence-electron chi connectivity index (χ4n) is 5.04. The van der Waals surface area contributed by atoms with Crippen LogP contribution in [0.4, 0.5) is 8.78 Å². The zero-order valence-corrected chi connectivity index (χ0v) is 18.9. The van der Waals surface area contributed by atoms with Gasteiger partial charge in [0.2, 0.25) is 11.8 Å². The van der Waals surface area contributed by atoms with Crippen LogP contribution in [-0.4, -0.2) is 47.7 Å². The minimum Gasteiger partial charge on any atom is -0.347 e. The van der Waals surface area contributed by atoms with Crippen molar-refractivity contribution in [3.63, 3.8) is 0 Å². The SMILES string of the molecule is B[C@]1(N2Cc3cc(CNC(=O)C(F)(F)C4CCC(C)CC4)ccc3C2=O)CCC(=O)NC1=O. The summed E-state index contributed by atoms with van der Waals surface area (Å²) in [6.45, 7) is 2.13. The molecule has 1 atom stereocenters. The lowest BCUT2D eigenvalue weighted by Crippen LogP contribution is -2.63. The largest absolute Gasteiger partial charge is 0.347 e. The van der Waals surface area contributed by atoms with Gasteiger partial charge in [0.05, 0.1) is 5.44 Å². The predicted molar refractivity (Wildman–Crippen MR) is 118 cm³/mol. The van der Waals surface area contributed by atoms with Gasteiger partial charge in [-0.05, 0) is 42.4 Å². The van der Waals surface area contributed by atoms with E-state index in [1.165, 1.54) is 4.90 Å². The van der Waals surface area contributed by atoms with Gasteiger partial charge >= 0.3 is 5.92 Å². The van der Waals surface area contributed by atoms with Crippen molar-refractivity contribution in [3.8, 4) is 0 Å². The van der Waals surface area contributed by atoms with Crippen LogP contribution in [0, 0.1) is 11.8 Å². The highest BCUT2D eigenvalue weighted by molar-refractivity contribution is 6.32. The summed E-state index contributed by atoms with van der Waals surface area (Å²) in [6.07, 6.45) is 2.47. The van der Waals surface area contributed by atoms with Crippen LogP contribution >= 0.6 is 0 Å². The molecule has 4 rings (SSSR count). The lowest BCUT2D eigenvalue weighted by Gasteiger charge is -2.39. The van der Waals surface area contributed by atoms with Gasteiger partial charge in [0.15, 0.2) is 0 Å². The van der Waals surface area contributed by atoms with Crippen LogP contribution in [0.1, 0.15) is 66.9 Å². The Kier molecular flexibility index (Phi) is 6.05. The summed E-state index contributed by atoms with van der Waals surface area (Å²) in [6, 6.07) is 4.91. The van der Waals surface area contributed by atoms with E-state index in [4.69, 9.17) is 0 Å². The molecule has 0 unspecified atom stereocenters. The van der Waals surface area contributed by atoms with Crippen LogP contribution in [0.15, 0.2) is 18.2 Å². The highest BCUT2D eigenvalue weighted by Crippen LogP contribution is 2.39. The van der Waals surface area contributed by atoms with Crippen molar-refractivity contribution < 1.29 is 28.0 Å². The summed E-state index contributed by atoms with van der Waals surface area (Å²) in [5.74, 6) is -6.39. The summed E-state index contributed by atoms with van der Waals surface area (Å²) in [7, 11) is 1.63. The zero-order chi connectivity index (χ0) is 24.0. The Morgan fingerprint density at radius 3 is 2.61 bits per heavy atom. The molecule has 4 amide bonds. The number of imide groups is 1. The number of benzene rings is 1. The van der Waals surface area contributed by atoms with E-state index >= 15 is 0 Å². The minimum absolute atomic E-state index is 0.0781. The van der Waals surface area contributed by atoms with E-state index < -0.39 is 29.1 Å². The Hall–Kier alpha value is -2.78. The van der Waals surface area contributed by atoms with Crippen LogP contribution in [0.3, 0.4) is 0 Å². The third-order valence-corrected chi connectivity index (χ3v) is 7.43. The van der Waals surface area contributed by atoms with Crippen molar-refractivity contribution in [2.24, 2.45) is 11.8 Å². The molecule has 2 aliphatic heterocycles. The van der Waals surface area contributed by atoms with Crippen LogP contribution in [0.25, 0.3) is 0 Å². The molecule has 33 heavy (non-hydrogen) atoms. The smallest absolute Gasteiger partial charge is 0.327 e. The molecule has 0 spiro atoms. The quantitative estimate of drug-likeness (QED) is 0.515. The maximum atomic E-state index is 14.6. The molecular weight excluding hydrogens is 431 g/mol. The molecule has 0 bridgehead atoms. The van der Waals surface area contributed by atoms with E-state index in [-0.39, 0.29) is 37.7 Å². The van der Waals surface area contributed by atoms with Crippen LogP contribution in [-0.2, 0) is 27.5 Å². The van der Waals surface area contributed by atoms with Gasteiger partial charge in [0.1, 0.15) is 7.85 Å². The highest BCUT2D eigenvalue weighted by atomic mass is 19.3. The van der Waals surface area contributed by atoms with Gasteiger partial charge in [-0.3, -0.25) is 24.5 Å². The Labute approximate surface area is 192 Å². The summed E-state index contributed by atoms with van der Waals surface area (Å²) in [5, 5.41) is 4.65. The molecule has 1 aromatic carbocycles. The second-order valence-corrected chi connectivity index (χ2v) is 9.80. The normalized spacial score (nSPS) is 27.8. The Morgan fingerprint density at radius 1 is 1.24 bits per heavy atom. The van der Waals surface area contributed by atoms with E-state index in [1.807, 2.05) is 6.92 Å². The fraction of sp³-hybridized carbons (Fsp3) is 0.565. The Balaban J connectivity index is 1.41. The third kappa shape index (κ3) is 4.27. The first-order chi connectivity index (χ1) is 15.5. The first-order valence-corrected chi connectivity index (χ1v) is 11.5. The number of alkyl halides is 2. The average molecular weight is 459 g/mol. The van der Waals surface area contributed by atoms with Crippen LogP contribution in [0.2, 0.25) is 0 Å². The summed E-state index contributed by atoms with van der Waals surface area (Å²) in [5.41, 5.74) is 0.541. The maximum absolute atomic E-state index is 14.6. The zero-order valence-electron chi connectivity index (χ0n) is 18.9. The van der Waals surface area contributed by atoms with E-state index in [0.29, 0.717) is 48.3 Å². The number of hydrogen-bond acceptors (Lipinski definition) is 4. The lowest BCUT2D eigenvalue weighted by molar-refractivity contribution is -0.156. The standard InChI is InChI=1S/C23H28BF2N3O4/c1-13-2-5-16(6-3-13)23(25,26)21(33)27-11-14-4-7-17-15(10-14)12-29(19(17)31)22(24)9-8-18(30)28-20(22)32/h4,7,10,13,16H,2-3,5-6,8-9,11-12,24H2,1H3,(H,27,33)(H,28,30,32)/t13?,16?,22-/m0/s1. The second kappa shape index (κ2) is 8.54. The van der Waals surface area contributed by atoms with Crippen molar-refractivity contribution in [2.75, 3.05) is 0 Å². The predicted octanol–water partition coefficient (Wildman–Crippen LogP) is 1.49. The molecule has 176 valence electrons. The molecule has 1 aliphatic carbocycles. The minimum atomic E-state index is -3.41. The van der Waals surface area contributed by atoms with E-state index in [0.717, 1.165) is 0 Å². The topological polar surface area (TPSA) is 95.6 Å². The number of fused-ring (bicyclic) bond motifs is 1. The molecule has 3 aliphatic rings. The van der Waals surface area contributed by atoms with Crippen molar-refractivity contribution in [1.29, 1.82) is 0 Å². The van der Waals surface area contributed by atoms with Gasteiger partial charge in [-0.15, -0.1) is 0 Å². The second-order valence-electron chi connectivity index (χ2n) is 9.80. The number of amides is 4. The highest BCUT2D eigenvalue weighted by Gasteiger charge is 2.49. The summed E-state index contributed by atoms with van der Waals surface area (Å²) >= 11 is 0. The first kappa shape index (κ1) is 23.4. The van der Waals surface area contributed by atoms with Crippen molar-refractivity contribution in [2.45, 2.75) is 69.9 Å². The number of halogens is 2. The molecule has 0 aromatic heterocycles. The lowest BCUT2D eigenvalue weighted by atomic mass is 9.70. The van der Waals surface area contributed by atoms with E-state index in [1.54, 1.807) is 26.0 Å². The molecule has 1 aromatic rings. The van der Waals surface area contributed by atoms with Gasteiger partial charge in [0.25, 0.3) is 11.8 Å². The maximum Gasteiger partial charge on any atom is 0.327 e. The first-order valence-electron chi connectivity index (χ1n) is 11.5. The van der Waals surface area contributed by atoms with Crippen LogP contribution in [0.5, 0.6) is 0 Å². The van der Waals surface area contributed by atoms with E-state index in [2.05, 4.69) is 10.6 Å². The number of carbonyl (C=O) groups is 4. The van der Waals surface area contributed by atoms with Crippen molar-refractivity contribution in [1.82, 2.24) is 15.5 Å². The molecule has 2 N–H and O–H groups in total. The van der Waals surface area contributed by atoms with Gasteiger partial charge in [-0.1, -0.05) is 31.9 Å². The molecule has 2 heterocycles. The molecule has 10 heteroatoms. The van der Waals surface area contributed by atoms with Crippen molar-refractivity contribution >= 4 is 31.5 Å². The monoisotopic (exact) mass is 459 g/mol. The number of nitrogens with zero attached hydrogens (tertiary/aromatic N) is 1. The molecular formula is C23H28BF2N3O4.